The number of hydrogen-bond acceptors (Lipinski definition) is 3. The topological polar surface area (TPSA) is 61.6 Å². The highest BCUT2D eigenvalue weighted by Gasteiger charge is 2.17. The van der Waals surface area contributed by atoms with Gasteiger partial charge in [0, 0.05) is 32.7 Å². The van der Waals surface area contributed by atoms with Crippen molar-refractivity contribution in [1.29, 1.82) is 0 Å². The van der Waals surface area contributed by atoms with Crippen molar-refractivity contribution >= 4 is 30.8 Å². The summed E-state index contributed by atoms with van der Waals surface area (Å²) in [5.74, 6) is 0. The lowest BCUT2D eigenvalue weighted by Gasteiger charge is -2.32. The first-order valence-corrected chi connectivity index (χ1v) is 5.15. The van der Waals surface area contributed by atoms with E-state index in [-0.39, 0.29) is 30.8 Å². The highest BCUT2D eigenvalue weighted by atomic mass is 35.5. The van der Waals surface area contributed by atoms with E-state index >= 15 is 0 Å². The number of nitrogens with two attached hydrogens (primary N) is 1. The Labute approximate surface area is 110 Å². The molecule has 0 unspecified atom stereocenters. The molecule has 1 heterocycles. The minimum absolute atomic E-state index is 0. The molecule has 0 atom stereocenters. The summed E-state index contributed by atoms with van der Waals surface area (Å²) in [5, 5.41) is 2.86. The Morgan fingerprint density at radius 1 is 1.25 bits per heavy atom. The van der Waals surface area contributed by atoms with Gasteiger partial charge in [-0.3, -0.25) is 0 Å². The second-order valence-electron chi connectivity index (χ2n) is 3.66. The third-order valence-electron chi connectivity index (χ3n) is 2.45. The molecule has 0 aromatic rings. The summed E-state index contributed by atoms with van der Waals surface area (Å²) >= 11 is 0. The largest absolute Gasteiger partial charge is 0.338 e. The van der Waals surface area contributed by atoms with Gasteiger partial charge in [-0.15, -0.1) is 24.8 Å². The van der Waals surface area contributed by atoms with Crippen molar-refractivity contribution in [2.24, 2.45) is 5.73 Å². The van der Waals surface area contributed by atoms with Crippen LogP contribution in [0.5, 0.6) is 0 Å². The van der Waals surface area contributed by atoms with Gasteiger partial charge in [-0.05, 0) is 20.0 Å². The van der Waals surface area contributed by atoms with Crippen molar-refractivity contribution < 1.29 is 4.79 Å². The highest BCUT2D eigenvalue weighted by Crippen LogP contribution is 1.98. The molecule has 0 radical (unpaired) electrons. The number of rotatable bonds is 3. The van der Waals surface area contributed by atoms with E-state index in [0.29, 0.717) is 13.1 Å². The molecule has 3 N–H and O–H groups in total. The number of likely N-dealkylation sites (N-methyl/N-ethyl adjacent to an activating group) is 1. The van der Waals surface area contributed by atoms with Crippen LogP contribution in [0.3, 0.4) is 0 Å². The molecule has 98 valence electrons. The van der Waals surface area contributed by atoms with E-state index in [1.54, 1.807) is 0 Å². The van der Waals surface area contributed by atoms with Crippen LogP contribution in [0.25, 0.3) is 0 Å². The van der Waals surface area contributed by atoms with Crippen molar-refractivity contribution in [3.63, 3.8) is 0 Å². The lowest BCUT2D eigenvalue weighted by molar-refractivity contribution is 0.154. The normalized spacial score (nSPS) is 16.0. The molecular formula is C9H22Cl2N4O. The summed E-state index contributed by atoms with van der Waals surface area (Å²) in [6.45, 7) is 4.88. The smallest absolute Gasteiger partial charge is 0.317 e. The van der Waals surface area contributed by atoms with Crippen molar-refractivity contribution in [1.82, 2.24) is 15.1 Å². The standard InChI is InChI=1S/C9H20N4O.2ClH/c1-12-5-7-13(8-6-12)9(14)11-4-2-3-10;;/h2-8,10H2,1H3,(H,11,14);2*1H. The number of nitrogens with zero attached hydrogens (tertiary/aromatic N) is 2. The minimum Gasteiger partial charge on any atom is -0.338 e. The van der Waals surface area contributed by atoms with Gasteiger partial charge in [0.1, 0.15) is 0 Å². The zero-order valence-corrected chi connectivity index (χ0v) is 11.3. The molecule has 2 amide bonds. The number of carbonyl (C=O) groups excluding carboxylic acids is 1. The Hall–Kier alpha value is -0.230. The molecule has 0 bridgehead atoms. The summed E-state index contributed by atoms with van der Waals surface area (Å²) in [6, 6.07) is 0.0477. The van der Waals surface area contributed by atoms with Gasteiger partial charge in [-0.25, -0.2) is 4.79 Å². The van der Waals surface area contributed by atoms with Crippen LogP contribution in [0, 0.1) is 0 Å². The van der Waals surface area contributed by atoms with Crippen LogP contribution in [0.2, 0.25) is 0 Å². The second-order valence-corrected chi connectivity index (χ2v) is 3.66. The maximum absolute atomic E-state index is 11.5. The van der Waals surface area contributed by atoms with E-state index in [1.807, 2.05) is 4.90 Å². The summed E-state index contributed by atoms with van der Waals surface area (Å²) < 4.78 is 0. The van der Waals surface area contributed by atoms with Crippen LogP contribution in [0.4, 0.5) is 4.79 Å². The first kappa shape index (κ1) is 18.1. The number of amides is 2. The van der Waals surface area contributed by atoms with Gasteiger partial charge in [0.2, 0.25) is 0 Å². The molecule has 0 spiro atoms. The molecule has 16 heavy (non-hydrogen) atoms. The Kier molecular flexibility index (Phi) is 11.3. The number of halogens is 2. The average molecular weight is 273 g/mol. The molecule has 0 aliphatic carbocycles. The summed E-state index contributed by atoms with van der Waals surface area (Å²) in [7, 11) is 2.07. The molecule has 7 heteroatoms. The van der Waals surface area contributed by atoms with E-state index < -0.39 is 0 Å². The van der Waals surface area contributed by atoms with Crippen LogP contribution >= 0.6 is 24.8 Å². The van der Waals surface area contributed by atoms with E-state index in [1.165, 1.54) is 0 Å². The van der Waals surface area contributed by atoms with Gasteiger partial charge in [0.15, 0.2) is 0 Å². The Balaban J connectivity index is 0. The number of nitrogens with one attached hydrogen (secondary N) is 1. The van der Waals surface area contributed by atoms with Crippen molar-refractivity contribution in [2.75, 3.05) is 46.3 Å². The van der Waals surface area contributed by atoms with E-state index in [4.69, 9.17) is 5.73 Å². The zero-order chi connectivity index (χ0) is 10.4. The highest BCUT2D eigenvalue weighted by molar-refractivity contribution is 5.85. The first-order chi connectivity index (χ1) is 6.74. The molecule has 1 aliphatic heterocycles. The first-order valence-electron chi connectivity index (χ1n) is 5.15. The monoisotopic (exact) mass is 272 g/mol. The number of hydrogen-bond donors (Lipinski definition) is 2. The van der Waals surface area contributed by atoms with Crippen molar-refractivity contribution in [3.8, 4) is 0 Å². The predicted molar refractivity (Wildman–Crippen MR) is 70.6 cm³/mol. The lowest BCUT2D eigenvalue weighted by atomic mass is 10.3. The quantitative estimate of drug-likeness (QED) is 0.719. The second kappa shape index (κ2) is 9.96. The number of carbonyl (C=O) groups is 1. The van der Waals surface area contributed by atoms with Gasteiger partial charge < -0.3 is 20.9 Å². The summed E-state index contributed by atoms with van der Waals surface area (Å²) in [4.78, 5) is 15.6. The minimum atomic E-state index is 0. The fraction of sp³-hybridized carbons (Fsp3) is 0.889. The van der Waals surface area contributed by atoms with Gasteiger partial charge >= 0.3 is 6.03 Å². The SMILES string of the molecule is CN1CCN(C(=O)NCCCN)CC1.Cl.Cl. The van der Waals surface area contributed by atoms with Crippen molar-refractivity contribution in [3.05, 3.63) is 0 Å². The maximum atomic E-state index is 11.5. The van der Waals surface area contributed by atoms with Crippen LogP contribution in [-0.4, -0.2) is 62.1 Å². The fourth-order valence-corrected chi connectivity index (χ4v) is 1.42. The molecule has 0 aromatic heterocycles. The summed E-state index contributed by atoms with van der Waals surface area (Å²) in [5.41, 5.74) is 5.34. The van der Waals surface area contributed by atoms with Crippen LogP contribution in [0.1, 0.15) is 6.42 Å². The molecule has 1 saturated heterocycles. The molecular weight excluding hydrogens is 251 g/mol. The van der Waals surface area contributed by atoms with Gasteiger partial charge in [0.05, 0.1) is 0 Å². The van der Waals surface area contributed by atoms with Crippen LogP contribution in [0.15, 0.2) is 0 Å². The molecule has 1 fully saturated rings. The molecule has 0 aromatic carbocycles. The third-order valence-corrected chi connectivity index (χ3v) is 2.45. The van der Waals surface area contributed by atoms with Gasteiger partial charge in [-0.2, -0.15) is 0 Å². The lowest BCUT2D eigenvalue weighted by Crippen LogP contribution is -2.50. The Morgan fingerprint density at radius 3 is 2.31 bits per heavy atom. The van der Waals surface area contributed by atoms with E-state index in [9.17, 15) is 4.79 Å². The Morgan fingerprint density at radius 2 is 1.81 bits per heavy atom. The number of urea groups is 1. The van der Waals surface area contributed by atoms with Crippen LogP contribution < -0.4 is 11.1 Å². The Bertz CT molecular complexity index is 186. The van der Waals surface area contributed by atoms with Crippen molar-refractivity contribution in [2.45, 2.75) is 6.42 Å². The third kappa shape index (κ3) is 6.37. The van der Waals surface area contributed by atoms with Gasteiger partial charge in [-0.1, -0.05) is 0 Å². The summed E-state index contributed by atoms with van der Waals surface area (Å²) in [6.07, 6.45) is 0.847. The predicted octanol–water partition coefficient (Wildman–Crippen LogP) is 0.136. The molecule has 1 aliphatic rings. The fourth-order valence-electron chi connectivity index (χ4n) is 1.42. The number of piperazine rings is 1. The van der Waals surface area contributed by atoms with Crippen LogP contribution in [-0.2, 0) is 0 Å². The zero-order valence-electron chi connectivity index (χ0n) is 9.65. The van der Waals surface area contributed by atoms with Gasteiger partial charge in [0.25, 0.3) is 0 Å². The van der Waals surface area contributed by atoms with E-state index in [0.717, 1.165) is 32.6 Å². The van der Waals surface area contributed by atoms with E-state index in [2.05, 4.69) is 17.3 Å². The molecule has 5 nitrogen and oxygen atoms in total. The maximum Gasteiger partial charge on any atom is 0.317 e. The molecule has 1 rings (SSSR count). The average Bonchev–Trinajstić information content (AvgIpc) is 2.19. The molecule has 0 saturated carbocycles.